The number of ether oxygens (including phenoxy) is 3. The maximum absolute atomic E-state index is 12.7. The van der Waals surface area contributed by atoms with Crippen molar-refractivity contribution < 1.29 is 19.0 Å². The number of pyridine rings is 1. The lowest BCUT2D eigenvalue weighted by atomic mass is 9.88. The van der Waals surface area contributed by atoms with Gasteiger partial charge in [-0.2, -0.15) is 9.97 Å². The van der Waals surface area contributed by atoms with Crippen molar-refractivity contribution in [2.24, 2.45) is 10.9 Å². The Morgan fingerprint density at radius 3 is 2.94 bits per heavy atom. The first-order valence-electron chi connectivity index (χ1n) is 12.4. The van der Waals surface area contributed by atoms with Gasteiger partial charge in [0.15, 0.2) is 0 Å². The van der Waals surface area contributed by atoms with E-state index in [9.17, 15) is 4.79 Å². The lowest BCUT2D eigenvalue weighted by Crippen LogP contribution is -2.37. The molecule has 1 N–H and O–H groups in total. The lowest BCUT2D eigenvalue weighted by Gasteiger charge is -2.33. The van der Waals surface area contributed by atoms with E-state index in [0.29, 0.717) is 38.0 Å². The highest BCUT2D eigenvalue weighted by Gasteiger charge is 2.29. The van der Waals surface area contributed by atoms with Crippen LogP contribution in [-0.2, 0) is 16.0 Å². The first-order valence-corrected chi connectivity index (χ1v) is 12.4. The first-order chi connectivity index (χ1) is 17.2. The fourth-order valence-corrected chi connectivity index (χ4v) is 4.83. The Morgan fingerprint density at radius 2 is 2.14 bits per heavy atom. The second-order valence-corrected chi connectivity index (χ2v) is 9.05. The topological polar surface area (TPSA) is 111 Å². The van der Waals surface area contributed by atoms with Crippen molar-refractivity contribution in [2.75, 3.05) is 51.5 Å². The number of nitrogens with zero attached hydrogens (tertiary/aromatic N) is 5. The van der Waals surface area contributed by atoms with Crippen LogP contribution < -0.4 is 15.0 Å². The number of amides is 1. The van der Waals surface area contributed by atoms with Gasteiger partial charge < -0.3 is 24.4 Å². The number of methoxy groups -OCH3 is 1. The van der Waals surface area contributed by atoms with Crippen LogP contribution in [0.25, 0.3) is 0 Å². The summed E-state index contributed by atoms with van der Waals surface area (Å²) in [4.78, 5) is 33.2. The molecule has 2 aromatic rings. The maximum Gasteiger partial charge on any atom is 0.319 e. The Bertz CT molecular complexity index is 1060. The highest BCUT2D eigenvalue weighted by Crippen LogP contribution is 2.30. The third-order valence-electron chi connectivity index (χ3n) is 6.71. The largest absolute Gasteiger partial charge is 0.461 e. The van der Waals surface area contributed by atoms with Gasteiger partial charge in [0, 0.05) is 62.8 Å². The number of rotatable bonds is 9. The van der Waals surface area contributed by atoms with Crippen LogP contribution in [0.4, 0.5) is 5.82 Å². The van der Waals surface area contributed by atoms with Crippen LogP contribution in [0.2, 0.25) is 0 Å². The second-order valence-electron chi connectivity index (χ2n) is 9.05. The van der Waals surface area contributed by atoms with Gasteiger partial charge in [0.05, 0.1) is 24.9 Å². The summed E-state index contributed by atoms with van der Waals surface area (Å²) in [5.41, 5.74) is 3.72. The van der Waals surface area contributed by atoms with E-state index in [-0.39, 0.29) is 23.7 Å². The quantitative estimate of drug-likeness (QED) is 0.543. The molecule has 186 valence electrons. The van der Waals surface area contributed by atoms with Gasteiger partial charge in [-0.05, 0) is 37.8 Å². The molecular formula is C25H32N6O4. The third-order valence-corrected chi connectivity index (χ3v) is 6.71. The number of hydrogen-bond donors (Lipinski definition) is 1. The van der Waals surface area contributed by atoms with Crippen LogP contribution >= 0.6 is 0 Å². The van der Waals surface area contributed by atoms with Crippen molar-refractivity contribution in [3.8, 4) is 6.01 Å². The van der Waals surface area contributed by atoms with E-state index in [4.69, 9.17) is 19.2 Å². The van der Waals surface area contributed by atoms with Gasteiger partial charge in [-0.3, -0.25) is 14.8 Å². The number of aliphatic imine (C=N–C) groups is 1. The number of piperidine rings is 1. The molecule has 0 unspecified atom stereocenters. The monoisotopic (exact) mass is 480 g/mol. The number of anilines is 1. The zero-order valence-electron chi connectivity index (χ0n) is 20.1. The minimum Gasteiger partial charge on any atom is -0.461 e. The zero-order valence-corrected chi connectivity index (χ0v) is 20.1. The number of hydrogen-bond acceptors (Lipinski definition) is 9. The molecule has 10 nitrogen and oxygen atoms in total. The van der Waals surface area contributed by atoms with Gasteiger partial charge in [-0.15, -0.1) is 0 Å². The van der Waals surface area contributed by atoms with Gasteiger partial charge in [0.1, 0.15) is 18.1 Å². The Kier molecular flexibility index (Phi) is 7.48. The summed E-state index contributed by atoms with van der Waals surface area (Å²) in [6, 6.07) is 6.05. The van der Waals surface area contributed by atoms with Gasteiger partial charge in [0.25, 0.3) is 5.91 Å². The molecule has 10 heteroatoms. The molecule has 0 saturated carbocycles. The van der Waals surface area contributed by atoms with E-state index in [1.54, 1.807) is 13.2 Å². The van der Waals surface area contributed by atoms with Crippen LogP contribution in [-0.4, -0.2) is 79.2 Å². The standard InChI is InChI=1S/C25H32N6O4/c1-33-13-9-27-24(32)20-14-22(30-25(29-20)35-16-18-4-3-12-34-18)31-10-6-17(7-11-31)23-19-5-2-8-26-21(19)15-28-23/h2,5,8,14,17-18H,3-4,6-7,9-13,15-16H2,1H3,(H,27,32)/t18-/m1/s1. The molecule has 0 spiro atoms. The van der Waals surface area contributed by atoms with Crippen molar-refractivity contribution in [1.82, 2.24) is 20.3 Å². The average molecular weight is 481 g/mol. The Morgan fingerprint density at radius 1 is 1.26 bits per heavy atom. The highest BCUT2D eigenvalue weighted by atomic mass is 16.5. The van der Waals surface area contributed by atoms with Gasteiger partial charge in [-0.25, -0.2) is 0 Å². The summed E-state index contributed by atoms with van der Waals surface area (Å²) < 4.78 is 16.6. The molecule has 3 aliphatic rings. The number of aromatic nitrogens is 3. The molecule has 5 heterocycles. The van der Waals surface area contributed by atoms with E-state index in [2.05, 4.69) is 31.2 Å². The molecule has 5 rings (SSSR count). The molecule has 0 radical (unpaired) electrons. The van der Waals surface area contributed by atoms with E-state index < -0.39 is 0 Å². The molecular weight excluding hydrogens is 448 g/mol. The molecule has 1 atom stereocenters. The van der Waals surface area contributed by atoms with Crippen molar-refractivity contribution in [3.63, 3.8) is 0 Å². The van der Waals surface area contributed by atoms with Crippen LogP contribution in [0.1, 0.15) is 47.4 Å². The van der Waals surface area contributed by atoms with E-state index in [1.165, 1.54) is 11.3 Å². The van der Waals surface area contributed by atoms with Gasteiger partial charge in [-0.1, -0.05) is 0 Å². The first kappa shape index (κ1) is 23.6. The molecule has 3 aliphatic heterocycles. The number of carbonyl (C=O) groups is 1. The number of fused-ring (bicyclic) bond motifs is 1. The predicted octanol–water partition coefficient (Wildman–Crippen LogP) is 2.02. The second kappa shape index (κ2) is 11.1. The smallest absolute Gasteiger partial charge is 0.319 e. The fourth-order valence-electron chi connectivity index (χ4n) is 4.83. The summed E-state index contributed by atoms with van der Waals surface area (Å²) in [6.07, 6.45) is 5.78. The number of carbonyl (C=O) groups excluding carboxylic acids is 1. The summed E-state index contributed by atoms with van der Waals surface area (Å²) in [5, 5.41) is 2.83. The molecule has 0 bridgehead atoms. The van der Waals surface area contributed by atoms with Crippen molar-refractivity contribution in [3.05, 3.63) is 41.3 Å². The Hall–Kier alpha value is -3.11. The summed E-state index contributed by atoms with van der Waals surface area (Å²) in [7, 11) is 1.60. The highest BCUT2D eigenvalue weighted by molar-refractivity contribution is 6.04. The van der Waals surface area contributed by atoms with E-state index >= 15 is 0 Å². The Labute approximate surface area is 205 Å². The molecule has 2 fully saturated rings. The maximum atomic E-state index is 12.7. The zero-order chi connectivity index (χ0) is 24.0. The minimum atomic E-state index is -0.271. The summed E-state index contributed by atoms with van der Waals surface area (Å²) in [5.74, 6) is 0.825. The molecule has 1 amide bonds. The van der Waals surface area contributed by atoms with Crippen LogP contribution in [0.5, 0.6) is 6.01 Å². The van der Waals surface area contributed by atoms with E-state index in [1.807, 2.05) is 12.3 Å². The predicted molar refractivity (Wildman–Crippen MR) is 130 cm³/mol. The van der Waals surface area contributed by atoms with E-state index in [0.717, 1.165) is 51.1 Å². The van der Waals surface area contributed by atoms with Crippen LogP contribution in [0, 0.1) is 5.92 Å². The summed E-state index contributed by atoms with van der Waals surface area (Å²) >= 11 is 0. The van der Waals surface area contributed by atoms with Crippen molar-refractivity contribution >= 4 is 17.4 Å². The normalized spacial score (nSPS) is 20.0. The lowest BCUT2D eigenvalue weighted by molar-refractivity contribution is 0.0643. The van der Waals surface area contributed by atoms with Gasteiger partial charge >= 0.3 is 6.01 Å². The minimum absolute atomic E-state index is 0.0431. The SMILES string of the molecule is COCCNC(=O)c1cc(N2CCC(C3=NCc4ncccc43)CC2)nc(OC[C@H]2CCCO2)n1. The van der Waals surface area contributed by atoms with Gasteiger partial charge in [0.2, 0.25) is 0 Å². The fraction of sp³-hybridized carbons (Fsp3) is 0.560. The van der Waals surface area contributed by atoms with Crippen molar-refractivity contribution in [2.45, 2.75) is 38.3 Å². The Balaban J connectivity index is 1.28. The summed E-state index contributed by atoms with van der Waals surface area (Å²) in [6.45, 7) is 4.27. The molecule has 0 aliphatic carbocycles. The number of nitrogens with one attached hydrogen (secondary N) is 1. The molecule has 35 heavy (non-hydrogen) atoms. The molecule has 2 saturated heterocycles. The molecule has 2 aromatic heterocycles. The van der Waals surface area contributed by atoms with Crippen LogP contribution in [0.15, 0.2) is 29.4 Å². The average Bonchev–Trinajstić information content (AvgIpc) is 3.58. The van der Waals surface area contributed by atoms with Crippen molar-refractivity contribution in [1.29, 1.82) is 0 Å². The van der Waals surface area contributed by atoms with Crippen LogP contribution in [0.3, 0.4) is 0 Å². The molecule has 0 aromatic carbocycles. The third kappa shape index (κ3) is 5.59.